The lowest BCUT2D eigenvalue weighted by Crippen LogP contribution is -2.40. The molecule has 10 heteroatoms. The number of rotatable bonds is 5. The first-order valence-electron chi connectivity index (χ1n) is 9.39. The van der Waals surface area contributed by atoms with Crippen LogP contribution in [-0.4, -0.2) is 35.1 Å². The molecule has 0 unspecified atom stereocenters. The third-order valence-electron chi connectivity index (χ3n) is 5.01. The molecule has 0 aliphatic carbocycles. The number of nitrogens with zero attached hydrogens (tertiary/aromatic N) is 1. The van der Waals surface area contributed by atoms with E-state index >= 15 is 0 Å². The molecule has 0 radical (unpaired) electrons. The molecule has 0 bridgehead atoms. The molecule has 0 spiro atoms. The molecular formula is C22H18ClFN2O5S. The largest absolute Gasteiger partial charge is 0.495 e. The number of carbonyl (C=O) groups is 1. The van der Waals surface area contributed by atoms with Crippen molar-refractivity contribution in [2.75, 3.05) is 30.4 Å². The summed E-state index contributed by atoms with van der Waals surface area (Å²) in [6, 6.07) is 13.0. The van der Waals surface area contributed by atoms with Gasteiger partial charge in [-0.05, 0) is 24.3 Å². The maximum absolute atomic E-state index is 14.0. The van der Waals surface area contributed by atoms with Crippen LogP contribution in [0.2, 0.25) is 5.02 Å². The van der Waals surface area contributed by atoms with Gasteiger partial charge in [-0.15, -0.1) is 0 Å². The van der Waals surface area contributed by atoms with Crippen molar-refractivity contribution < 1.29 is 27.1 Å². The van der Waals surface area contributed by atoms with Crippen LogP contribution in [0.1, 0.15) is 0 Å². The Hall–Kier alpha value is -3.30. The fourth-order valence-electron chi connectivity index (χ4n) is 3.55. The fraction of sp³-hybridized carbons (Fsp3) is 0.136. The molecule has 1 aliphatic rings. The van der Waals surface area contributed by atoms with Crippen LogP contribution in [0, 0.1) is 5.82 Å². The molecule has 1 heterocycles. The average molecular weight is 477 g/mol. The van der Waals surface area contributed by atoms with Crippen LogP contribution in [0.3, 0.4) is 0 Å². The smallest absolute Gasteiger partial charge is 0.265 e. The van der Waals surface area contributed by atoms with Crippen LogP contribution < -0.4 is 19.1 Å². The summed E-state index contributed by atoms with van der Waals surface area (Å²) in [5.41, 5.74) is 1.23. The van der Waals surface area contributed by atoms with Crippen LogP contribution in [0.15, 0.2) is 59.5 Å². The highest BCUT2D eigenvalue weighted by Crippen LogP contribution is 2.43. The highest BCUT2D eigenvalue weighted by atomic mass is 35.5. The lowest BCUT2D eigenvalue weighted by atomic mass is 10.0. The number of nitrogens with one attached hydrogen (secondary N) is 1. The van der Waals surface area contributed by atoms with E-state index in [1.165, 1.54) is 44.6 Å². The number of sulfonamides is 1. The second kappa shape index (κ2) is 8.33. The highest BCUT2D eigenvalue weighted by Gasteiger charge is 2.36. The molecule has 3 aromatic rings. The van der Waals surface area contributed by atoms with Gasteiger partial charge in [0.1, 0.15) is 23.9 Å². The second-order valence-electron chi connectivity index (χ2n) is 6.90. The Morgan fingerprint density at radius 2 is 1.75 bits per heavy atom. The molecule has 4 rings (SSSR count). The predicted octanol–water partition coefficient (Wildman–Crippen LogP) is 4.31. The number of amides is 1. The van der Waals surface area contributed by atoms with E-state index in [4.69, 9.17) is 21.1 Å². The van der Waals surface area contributed by atoms with Crippen LogP contribution in [0.5, 0.6) is 11.5 Å². The summed E-state index contributed by atoms with van der Waals surface area (Å²) in [6.45, 7) is -0.538. The molecule has 7 nitrogen and oxygen atoms in total. The van der Waals surface area contributed by atoms with Gasteiger partial charge in [-0.1, -0.05) is 29.8 Å². The minimum atomic E-state index is -4.06. The normalized spacial score (nSPS) is 13.7. The Bertz CT molecular complexity index is 1330. The molecule has 0 aromatic heterocycles. The molecule has 0 saturated carbocycles. The van der Waals surface area contributed by atoms with Crippen LogP contribution in [0.25, 0.3) is 11.1 Å². The Morgan fingerprint density at radius 1 is 1.03 bits per heavy atom. The summed E-state index contributed by atoms with van der Waals surface area (Å²) >= 11 is 6.09. The minimum Gasteiger partial charge on any atom is -0.495 e. The SMILES string of the molecule is COc1cc(NC(=O)CN2c3ccc(F)cc3-c3ccccc3S2(=O)=O)c(OC)cc1Cl. The van der Waals surface area contributed by atoms with E-state index in [9.17, 15) is 17.6 Å². The maximum Gasteiger partial charge on any atom is 0.265 e. The molecule has 0 fully saturated rings. The van der Waals surface area contributed by atoms with Crippen molar-refractivity contribution >= 4 is 38.9 Å². The predicted molar refractivity (Wildman–Crippen MR) is 120 cm³/mol. The number of methoxy groups -OCH3 is 2. The lowest BCUT2D eigenvalue weighted by molar-refractivity contribution is -0.114. The number of ether oxygens (including phenoxy) is 2. The minimum absolute atomic E-state index is 0.00311. The highest BCUT2D eigenvalue weighted by molar-refractivity contribution is 7.93. The average Bonchev–Trinajstić information content (AvgIpc) is 2.77. The van der Waals surface area contributed by atoms with Gasteiger partial charge in [-0.3, -0.25) is 9.10 Å². The van der Waals surface area contributed by atoms with Gasteiger partial charge < -0.3 is 14.8 Å². The fourth-order valence-corrected chi connectivity index (χ4v) is 5.43. The third-order valence-corrected chi connectivity index (χ3v) is 7.12. The number of hydrogen-bond donors (Lipinski definition) is 1. The van der Waals surface area contributed by atoms with Crippen molar-refractivity contribution in [3.05, 3.63) is 65.4 Å². The van der Waals surface area contributed by atoms with E-state index in [1.54, 1.807) is 18.2 Å². The van der Waals surface area contributed by atoms with Gasteiger partial charge in [-0.25, -0.2) is 12.8 Å². The summed E-state index contributed by atoms with van der Waals surface area (Å²) in [7, 11) is -1.23. The summed E-state index contributed by atoms with van der Waals surface area (Å²) in [5.74, 6) is -0.562. The second-order valence-corrected chi connectivity index (χ2v) is 9.14. The summed E-state index contributed by atoms with van der Waals surface area (Å²) in [4.78, 5) is 12.9. The van der Waals surface area contributed by atoms with Crippen molar-refractivity contribution in [1.29, 1.82) is 0 Å². The van der Waals surface area contributed by atoms with Gasteiger partial charge in [0.25, 0.3) is 10.0 Å². The first-order chi connectivity index (χ1) is 15.3. The molecule has 1 amide bonds. The van der Waals surface area contributed by atoms with Crippen molar-refractivity contribution in [1.82, 2.24) is 0 Å². The Balaban J connectivity index is 1.72. The zero-order chi connectivity index (χ0) is 23.0. The molecule has 1 aliphatic heterocycles. The molecule has 0 atom stereocenters. The third kappa shape index (κ3) is 3.74. The summed E-state index contributed by atoms with van der Waals surface area (Å²) in [6.07, 6.45) is 0. The van der Waals surface area contributed by atoms with Gasteiger partial charge in [0, 0.05) is 23.3 Å². The standard InChI is InChI=1S/C22H18ClFN2O5S/c1-30-19-11-17(20(31-2)10-16(19)23)25-22(27)12-26-18-8-7-13(24)9-15(18)14-5-3-4-6-21(14)32(26,28)29/h3-11H,12H2,1-2H3,(H,25,27). The first kappa shape index (κ1) is 21.9. The van der Waals surface area contributed by atoms with Crippen molar-refractivity contribution in [3.63, 3.8) is 0 Å². The van der Waals surface area contributed by atoms with E-state index in [-0.39, 0.29) is 27.0 Å². The van der Waals surface area contributed by atoms with Gasteiger partial charge in [0.2, 0.25) is 5.91 Å². The zero-order valence-corrected chi connectivity index (χ0v) is 18.6. The summed E-state index contributed by atoms with van der Waals surface area (Å²) in [5, 5.41) is 2.92. The number of benzene rings is 3. The number of anilines is 2. The maximum atomic E-state index is 14.0. The van der Waals surface area contributed by atoms with Crippen molar-refractivity contribution in [2.24, 2.45) is 0 Å². The van der Waals surface area contributed by atoms with E-state index in [2.05, 4.69) is 5.32 Å². The van der Waals surface area contributed by atoms with E-state index < -0.39 is 28.3 Å². The van der Waals surface area contributed by atoms with Gasteiger partial charge in [-0.2, -0.15) is 0 Å². The molecule has 166 valence electrons. The van der Waals surface area contributed by atoms with Gasteiger partial charge in [0.05, 0.1) is 35.5 Å². The molecule has 32 heavy (non-hydrogen) atoms. The van der Waals surface area contributed by atoms with Crippen LogP contribution >= 0.6 is 11.6 Å². The quantitative estimate of drug-likeness (QED) is 0.593. The van der Waals surface area contributed by atoms with Gasteiger partial charge >= 0.3 is 0 Å². The molecule has 0 saturated heterocycles. The van der Waals surface area contributed by atoms with E-state index in [0.29, 0.717) is 16.9 Å². The van der Waals surface area contributed by atoms with Crippen LogP contribution in [0.4, 0.5) is 15.8 Å². The number of carbonyl (C=O) groups excluding carboxylic acids is 1. The number of halogens is 2. The van der Waals surface area contributed by atoms with Crippen molar-refractivity contribution in [2.45, 2.75) is 4.90 Å². The van der Waals surface area contributed by atoms with Gasteiger partial charge in [0.15, 0.2) is 0 Å². The zero-order valence-electron chi connectivity index (χ0n) is 17.1. The lowest BCUT2D eigenvalue weighted by Gasteiger charge is -2.31. The first-order valence-corrected chi connectivity index (χ1v) is 11.2. The van der Waals surface area contributed by atoms with Crippen LogP contribution in [-0.2, 0) is 14.8 Å². The topological polar surface area (TPSA) is 84.9 Å². The monoisotopic (exact) mass is 476 g/mol. The molecular weight excluding hydrogens is 459 g/mol. The number of hydrogen-bond acceptors (Lipinski definition) is 5. The number of fused-ring (bicyclic) bond motifs is 3. The Kier molecular flexibility index (Phi) is 5.70. The van der Waals surface area contributed by atoms with Crippen molar-refractivity contribution in [3.8, 4) is 22.6 Å². The summed E-state index contributed by atoms with van der Waals surface area (Å²) < 4.78 is 51.9. The molecule has 1 N–H and O–H groups in total. The molecule has 3 aromatic carbocycles. The van der Waals surface area contributed by atoms with E-state index in [1.807, 2.05) is 0 Å². The Labute approximate surface area is 189 Å². The van der Waals surface area contributed by atoms with E-state index in [0.717, 1.165) is 10.4 Å². The Morgan fingerprint density at radius 3 is 2.47 bits per heavy atom.